The van der Waals surface area contributed by atoms with Crippen LogP contribution < -0.4 is 13.8 Å². The standard InChI is InChI=1S/C26H22N2O5S/c1-3-33-22-11-5-4-10-19(22)24-20-16-18(32-2)13-14-21(20)28(26(24)29)34(30,31)23-12-6-8-17-9-7-15-27-25(17)23/h4-16,24H,3H2,1-2H3. The van der Waals surface area contributed by atoms with Gasteiger partial charge in [-0.25, -0.2) is 12.7 Å². The fourth-order valence-electron chi connectivity index (χ4n) is 4.38. The van der Waals surface area contributed by atoms with Crippen molar-refractivity contribution in [3.63, 3.8) is 0 Å². The summed E-state index contributed by atoms with van der Waals surface area (Å²) in [5.41, 5.74) is 1.73. The van der Waals surface area contributed by atoms with Crippen molar-refractivity contribution < 1.29 is 22.7 Å². The molecular weight excluding hydrogens is 452 g/mol. The summed E-state index contributed by atoms with van der Waals surface area (Å²) in [5.74, 6) is -0.395. The number of sulfonamides is 1. The monoisotopic (exact) mass is 474 g/mol. The Hall–Kier alpha value is -3.91. The Morgan fingerprint density at radius 3 is 2.56 bits per heavy atom. The summed E-state index contributed by atoms with van der Waals surface area (Å²) < 4.78 is 40.0. The Bertz CT molecular complexity index is 1510. The van der Waals surface area contributed by atoms with Crippen LogP contribution in [0.1, 0.15) is 24.0 Å². The molecule has 4 aromatic rings. The number of para-hydroxylation sites is 2. The van der Waals surface area contributed by atoms with E-state index in [0.29, 0.717) is 40.1 Å². The summed E-state index contributed by atoms with van der Waals surface area (Å²) >= 11 is 0. The molecule has 1 aliphatic heterocycles. The first-order chi connectivity index (χ1) is 16.5. The highest BCUT2D eigenvalue weighted by molar-refractivity contribution is 7.93. The minimum atomic E-state index is -4.27. The maximum atomic E-state index is 14.0. The van der Waals surface area contributed by atoms with Crippen LogP contribution in [0.2, 0.25) is 0 Å². The number of rotatable bonds is 6. The average molecular weight is 475 g/mol. The highest BCUT2D eigenvalue weighted by Crippen LogP contribution is 2.47. The second kappa shape index (κ2) is 8.46. The number of hydrogen-bond acceptors (Lipinski definition) is 6. The van der Waals surface area contributed by atoms with E-state index in [4.69, 9.17) is 9.47 Å². The molecule has 1 atom stereocenters. The van der Waals surface area contributed by atoms with Crippen LogP contribution >= 0.6 is 0 Å². The molecule has 8 heteroatoms. The largest absolute Gasteiger partial charge is 0.497 e. The van der Waals surface area contributed by atoms with Gasteiger partial charge in [0.25, 0.3) is 15.9 Å². The summed E-state index contributed by atoms with van der Waals surface area (Å²) in [4.78, 5) is 18.2. The van der Waals surface area contributed by atoms with Crippen LogP contribution in [0.15, 0.2) is 83.9 Å². The van der Waals surface area contributed by atoms with Gasteiger partial charge in [0, 0.05) is 17.1 Å². The summed E-state index contributed by atoms with van der Waals surface area (Å²) in [6.07, 6.45) is 1.53. The number of anilines is 1. The van der Waals surface area contributed by atoms with Crippen molar-refractivity contribution in [2.24, 2.45) is 0 Å². The molecule has 7 nitrogen and oxygen atoms in total. The first kappa shape index (κ1) is 21.9. The molecular formula is C26H22N2O5S. The number of aromatic nitrogens is 1. The first-order valence-corrected chi connectivity index (χ1v) is 12.2. The molecule has 0 radical (unpaired) electrons. The van der Waals surface area contributed by atoms with Gasteiger partial charge in [0.1, 0.15) is 16.4 Å². The number of carbonyl (C=O) groups excluding carboxylic acids is 1. The van der Waals surface area contributed by atoms with Gasteiger partial charge in [-0.1, -0.05) is 36.4 Å². The maximum Gasteiger partial charge on any atom is 0.273 e. The number of carbonyl (C=O) groups is 1. The third-order valence-electron chi connectivity index (χ3n) is 5.86. The number of ether oxygens (including phenoxy) is 2. The number of hydrogen-bond donors (Lipinski definition) is 0. The zero-order chi connectivity index (χ0) is 23.9. The lowest BCUT2D eigenvalue weighted by Crippen LogP contribution is -2.35. The predicted octanol–water partition coefficient (Wildman–Crippen LogP) is 4.51. The fourth-order valence-corrected chi connectivity index (χ4v) is 6.01. The van der Waals surface area contributed by atoms with E-state index in [1.165, 1.54) is 19.4 Å². The molecule has 1 amide bonds. The highest BCUT2D eigenvalue weighted by atomic mass is 32.2. The van der Waals surface area contributed by atoms with Gasteiger partial charge in [0.2, 0.25) is 0 Å². The van der Waals surface area contributed by atoms with Gasteiger partial charge in [-0.2, -0.15) is 0 Å². The molecule has 0 saturated heterocycles. The Morgan fingerprint density at radius 2 is 1.76 bits per heavy atom. The van der Waals surface area contributed by atoms with Crippen LogP contribution in [0.4, 0.5) is 5.69 Å². The lowest BCUT2D eigenvalue weighted by Gasteiger charge is -2.20. The van der Waals surface area contributed by atoms with Crippen LogP contribution in [0.25, 0.3) is 10.9 Å². The van der Waals surface area contributed by atoms with E-state index < -0.39 is 21.8 Å². The molecule has 1 unspecified atom stereocenters. The van der Waals surface area contributed by atoms with Gasteiger partial charge in [-0.05, 0) is 48.9 Å². The molecule has 0 saturated carbocycles. The van der Waals surface area contributed by atoms with Crippen molar-refractivity contribution in [1.29, 1.82) is 0 Å². The zero-order valence-electron chi connectivity index (χ0n) is 18.6. The van der Waals surface area contributed by atoms with Gasteiger partial charge < -0.3 is 9.47 Å². The molecule has 3 aromatic carbocycles. The van der Waals surface area contributed by atoms with E-state index in [-0.39, 0.29) is 10.6 Å². The molecule has 0 spiro atoms. The van der Waals surface area contributed by atoms with Crippen molar-refractivity contribution in [2.75, 3.05) is 18.0 Å². The highest BCUT2D eigenvalue weighted by Gasteiger charge is 2.46. The third kappa shape index (κ3) is 3.38. The summed E-state index contributed by atoms with van der Waals surface area (Å²) in [6, 6.07) is 20.6. The zero-order valence-corrected chi connectivity index (χ0v) is 19.5. The smallest absolute Gasteiger partial charge is 0.273 e. The second-order valence-electron chi connectivity index (χ2n) is 7.77. The van der Waals surface area contributed by atoms with Gasteiger partial charge >= 0.3 is 0 Å². The molecule has 2 heterocycles. The lowest BCUT2D eigenvalue weighted by molar-refractivity contribution is -0.117. The summed E-state index contributed by atoms with van der Waals surface area (Å²) in [6.45, 7) is 2.26. The van der Waals surface area contributed by atoms with Crippen LogP contribution in [0.5, 0.6) is 11.5 Å². The van der Waals surface area contributed by atoms with Crippen molar-refractivity contribution in [1.82, 2.24) is 4.98 Å². The van der Waals surface area contributed by atoms with Crippen molar-refractivity contribution in [3.05, 3.63) is 90.1 Å². The summed E-state index contributed by atoms with van der Waals surface area (Å²) in [7, 11) is -2.75. The minimum Gasteiger partial charge on any atom is -0.497 e. The van der Waals surface area contributed by atoms with Crippen LogP contribution in [-0.4, -0.2) is 33.0 Å². The van der Waals surface area contributed by atoms with E-state index in [1.54, 1.807) is 60.7 Å². The summed E-state index contributed by atoms with van der Waals surface area (Å²) in [5, 5.41) is 0.670. The van der Waals surface area contributed by atoms with E-state index >= 15 is 0 Å². The van der Waals surface area contributed by atoms with Crippen molar-refractivity contribution >= 4 is 32.5 Å². The number of nitrogens with zero attached hydrogens (tertiary/aromatic N) is 2. The molecule has 5 rings (SSSR count). The van der Waals surface area contributed by atoms with Gasteiger partial charge in [-0.3, -0.25) is 9.78 Å². The number of methoxy groups -OCH3 is 1. The first-order valence-electron chi connectivity index (χ1n) is 10.8. The van der Waals surface area contributed by atoms with E-state index in [0.717, 1.165) is 4.31 Å². The molecule has 0 bridgehead atoms. The van der Waals surface area contributed by atoms with E-state index in [9.17, 15) is 13.2 Å². The number of fused-ring (bicyclic) bond motifs is 2. The minimum absolute atomic E-state index is 0.0283. The lowest BCUT2D eigenvalue weighted by atomic mass is 9.91. The molecule has 172 valence electrons. The third-order valence-corrected chi connectivity index (χ3v) is 7.60. The number of benzene rings is 3. The van der Waals surface area contributed by atoms with E-state index in [2.05, 4.69) is 4.98 Å². The van der Waals surface area contributed by atoms with E-state index in [1.807, 2.05) is 13.0 Å². The Kier molecular flexibility index (Phi) is 5.45. The quantitative estimate of drug-likeness (QED) is 0.409. The normalized spacial score (nSPS) is 15.4. The predicted molar refractivity (Wildman–Crippen MR) is 129 cm³/mol. The Balaban J connectivity index is 1.73. The van der Waals surface area contributed by atoms with Gasteiger partial charge in [-0.15, -0.1) is 0 Å². The Labute approximate surface area is 197 Å². The SMILES string of the molecule is CCOc1ccccc1C1C(=O)N(S(=O)(=O)c2cccc3cccnc23)c2ccc(OC)cc21. The molecule has 1 aliphatic rings. The van der Waals surface area contributed by atoms with Gasteiger partial charge in [0.05, 0.1) is 30.8 Å². The molecule has 34 heavy (non-hydrogen) atoms. The van der Waals surface area contributed by atoms with Gasteiger partial charge in [0.15, 0.2) is 0 Å². The maximum absolute atomic E-state index is 14.0. The van der Waals surface area contributed by atoms with Crippen LogP contribution in [-0.2, 0) is 14.8 Å². The topological polar surface area (TPSA) is 85.8 Å². The number of amides is 1. The second-order valence-corrected chi connectivity index (χ2v) is 9.52. The Morgan fingerprint density at radius 1 is 0.971 bits per heavy atom. The molecule has 0 fully saturated rings. The van der Waals surface area contributed by atoms with Crippen LogP contribution in [0, 0.1) is 0 Å². The fraction of sp³-hybridized carbons (Fsp3) is 0.154. The molecule has 1 aromatic heterocycles. The van der Waals surface area contributed by atoms with Crippen molar-refractivity contribution in [2.45, 2.75) is 17.7 Å². The number of pyridine rings is 1. The molecule has 0 N–H and O–H groups in total. The average Bonchev–Trinajstić information content (AvgIpc) is 3.15. The van der Waals surface area contributed by atoms with Crippen LogP contribution in [0.3, 0.4) is 0 Å². The molecule has 0 aliphatic carbocycles. The van der Waals surface area contributed by atoms with Crippen molar-refractivity contribution in [3.8, 4) is 11.5 Å².